The second kappa shape index (κ2) is 7.44. The molecule has 4 rings (SSSR count). The molecule has 2 aromatic rings. The molecule has 0 radical (unpaired) electrons. The van der Waals surface area contributed by atoms with E-state index < -0.39 is 0 Å². The molecule has 0 bridgehead atoms. The Hall–Kier alpha value is -1.42. The Balaban J connectivity index is 1.74. The van der Waals surface area contributed by atoms with Crippen LogP contribution in [0, 0.1) is 5.82 Å². The fourth-order valence-corrected chi connectivity index (χ4v) is 5.81. The van der Waals surface area contributed by atoms with E-state index in [1.165, 1.54) is 16.7 Å². The second-order valence-electron chi connectivity index (χ2n) is 9.09. The van der Waals surface area contributed by atoms with Crippen LogP contribution in [0.25, 0.3) is 0 Å². The summed E-state index contributed by atoms with van der Waals surface area (Å²) in [7, 11) is 0. The normalized spacial score (nSPS) is 27.2. The third-order valence-electron chi connectivity index (χ3n) is 6.83. The van der Waals surface area contributed by atoms with Crippen molar-refractivity contribution in [1.82, 2.24) is 10.2 Å². The molecule has 1 saturated heterocycles. The van der Waals surface area contributed by atoms with Crippen LogP contribution in [0.4, 0.5) is 4.39 Å². The molecule has 150 valence electrons. The summed E-state index contributed by atoms with van der Waals surface area (Å²) in [5.74, 6) is 0.475. The lowest BCUT2D eigenvalue weighted by Crippen LogP contribution is -2.67. The van der Waals surface area contributed by atoms with Gasteiger partial charge in [-0.25, -0.2) is 4.39 Å². The first-order valence-corrected chi connectivity index (χ1v) is 10.7. The first-order chi connectivity index (χ1) is 13.3. The molecule has 4 heteroatoms. The molecular weight excluding hydrogens is 371 g/mol. The van der Waals surface area contributed by atoms with E-state index in [1.807, 2.05) is 18.2 Å². The third-order valence-corrected chi connectivity index (χ3v) is 7.06. The lowest BCUT2D eigenvalue weighted by Gasteiger charge is -2.52. The Morgan fingerprint density at radius 1 is 1.11 bits per heavy atom. The molecule has 28 heavy (non-hydrogen) atoms. The van der Waals surface area contributed by atoms with Crippen molar-refractivity contribution in [2.24, 2.45) is 0 Å². The number of halogens is 2. The van der Waals surface area contributed by atoms with Crippen LogP contribution in [0.3, 0.4) is 0 Å². The lowest BCUT2D eigenvalue weighted by atomic mass is 9.77. The quantitative estimate of drug-likeness (QED) is 0.725. The van der Waals surface area contributed by atoms with Gasteiger partial charge in [-0.05, 0) is 75.1 Å². The molecule has 1 N–H and O–H groups in total. The molecule has 1 heterocycles. The number of hydrogen-bond acceptors (Lipinski definition) is 2. The number of fused-ring (bicyclic) bond motifs is 1. The molecule has 0 aromatic heterocycles. The van der Waals surface area contributed by atoms with Gasteiger partial charge in [0.05, 0.1) is 0 Å². The topological polar surface area (TPSA) is 15.3 Å². The number of nitrogens with zero attached hydrogens (tertiary/aromatic N) is 1. The molecule has 1 aliphatic carbocycles. The molecule has 1 fully saturated rings. The lowest BCUT2D eigenvalue weighted by molar-refractivity contribution is 0.0127. The van der Waals surface area contributed by atoms with Gasteiger partial charge in [-0.3, -0.25) is 4.90 Å². The van der Waals surface area contributed by atoms with Gasteiger partial charge in [0.1, 0.15) is 5.82 Å². The van der Waals surface area contributed by atoms with Crippen LogP contribution in [0.2, 0.25) is 5.02 Å². The van der Waals surface area contributed by atoms with E-state index in [1.54, 1.807) is 12.1 Å². The molecule has 2 aromatic carbocycles. The van der Waals surface area contributed by atoms with E-state index in [9.17, 15) is 4.39 Å². The smallest absolute Gasteiger partial charge is 0.123 e. The molecule has 0 saturated carbocycles. The van der Waals surface area contributed by atoms with Gasteiger partial charge >= 0.3 is 0 Å². The van der Waals surface area contributed by atoms with Crippen LogP contribution in [-0.4, -0.2) is 35.6 Å². The number of nitrogens with one attached hydrogen (secondary N) is 1. The van der Waals surface area contributed by atoms with Crippen molar-refractivity contribution >= 4 is 11.6 Å². The van der Waals surface area contributed by atoms with Gasteiger partial charge < -0.3 is 5.32 Å². The van der Waals surface area contributed by atoms with E-state index in [-0.39, 0.29) is 17.3 Å². The van der Waals surface area contributed by atoms with Crippen molar-refractivity contribution in [3.63, 3.8) is 0 Å². The standard InChI is InChI=1S/C24H30ClFN2/c1-15(2)28-12-11-27-23(24(28,3)4)22-14-20(16-5-8-18(26)9-6-16)19-10-7-17(25)13-21(19)22/h5-10,13,15,20,22-23,27H,11-12,14H2,1-4H3. The van der Waals surface area contributed by atoms with Crippen molar-refractivity contribution < 1.29 is 4.39 Å². The highest BCUT2D eigenvalue weighted by Gasteiger charge is 2.47. The maximum Gasteiger partial charge on any atom is 0.123 e. The maximum absolute atomic E-state index is 13.5. The Kier molecular flexibility index (Phi) is 5.28. The van der Waals surface area contributed by atoms with Gasteiger partial charge in [-0.2, -0.15) is 0 Å². The van der Waals surface area contributed by atoms with Crippen molar-refractivity contribution in [3.05, 3.63) is 70.0 Å². The SMILES string of the molecule is CC(C)N1CCNC(C2CC(c3ccc(F)cc3)c3ccc(Cl)cc32)C1(C)C. The van der Waals surface area contributed by atoms with Crippen LogP contribution in [-0.2, 0) is 0 Å². The summed E-state index contributed by atoms with van der Waals surface area (Å²) in [6, 6.07) is 14.2. The van der Waals surface area contributed by atoms with E-state index >= 15 is 0 Å². The number of rotatable bonds is 3. The predicted octanol–water partition coefficient (Wildman–Crippen LogP) is 5.56. The van der Waals surface area contributed by atoms with E-state index in [0.717, 1.165) is 24.5 Å². The van der Waals surface area contributed by atoms with Crippen LogP contribution < -0.4 is 5.32 Å². The van der Waals surface area contributed by atoms with Gasteiger partial charge in [-0.1, -0.05) is 29.8 Å². The van der Waals surface area contributed by atoms with Crippen molar-refractivity contribution in [2.75, 3.05) is 13.1 Å². The highest BCUT2D eigenvalue weighted by molar-refractivity contribution is 6.30. The number of piperazine rings is 1. The summed E-state index contributed by atoms with van der Waals surface area (Å²) in [6.07, 6.45) is 1.02. The zero-order chi connectivity index (χ0) is 20.1. The van der Waals surface area contributed by atoms with E-state index in [4.69, 9.17) is 11.6 Å². The minimum atomic E-state index is -0.183. The largest absolute Gasteiger partial charge is 0.310 e. The highest BCUT2D eigenvalue weighted by Crippen LogP contribution is 2.50. The van der Waals surface area contributed by atoms with Crippen molar-refractivity contribution in [3.8, 4) is 0 Å². The van der Waals surface area contributed by atoms with Crippen LogP contribution in [0.15, 0.2) is 42.5 Å². The molecule has 0 amide bonds. The molecule has 0 spiro atoms. The average molecular weight is 401 g/mol. The van der Waals surface area contributed by atoms with Crippen LogP contribution in [0.5, 0.6) is 0 Å². The summed E-state index contributed by atoms with van der Waals surface area (Å²) in [4.78, 5) is 2.61. The van der Waals surface area contributed by atoms with Gasteiger partial charge in [-0.15, -0.1) is 0 Å². The number of hydrogen-bond donors (Lipinski definition) is 1. The second-order valence-corrected chi connectivity index (χ2v) is 9.53. The molecular formula is C24H30ClFN2. The third kappa shape index (κ3) is 3.38. The van der Waals surface area contributed by atoms with E-state index in [2.05, 4.69) is 50.0 Å². The molecule has 2 aliphatic rings. The summed E-state index contributed by atoms with van der Waals surface area (Å²) in [5.41, 5.74) is 3.90. The zero-order valence-electron chi connectivity index (χ0n) is 17.2. The summed E-state index contributed by atoms with van der Waals surface area (Å²) < 4.78 is 13.5. The molecule has 3 atom stereocenters. The summed E-state index contributed by atoms with van der Waals surface area (Å²) >= 11 is 6.41. The van der Waals surface area contributed by atoms with Crippen LogP contribution >= 0.6 is 11.6 Å². The fraction of sp³-hybridized carbons (Fsp3) is 0.500. The zero-order valence-corrected chi connectivity index (χ0v) is 17.9. The summed E-state index contributed by atoms with van der Waals surface area (Å²) in [6.45, 7) is 11.4. The first-order valence-electron chi connectivity index (χ1n) is 10.3. The predicted molar refractivity (Wildman–Crippen MR) is 115 cm³/mol. The minimum absolute atomic E-state index is 0.0361. The Morgan fingerprint density at radius 2 is 1.82 bits per heavy atom. The van der Waals surface area contributed by atoms with Gasteiger partial charge in [0.2, 0.25) is 0 Å². The average Bonchev–Trinajstić information content (AvgIpc) is 3.00. The van der Waals surface area contributed by atoms with Gasteiger partial charge in [0.25, 0.3) is 0 Å². The first kappa shape index (κ1) is 19.9. The maximum atomic E-state index is 13.5. The Labute approximate surface area is 173 Å². The minimum Gasteiger partial charge on any atom is -0.310 e. The molecule has 1 aliphatic heterocycles. The Bertz CT molecular complexity index is 846. The van der Waals surface area contributed by atoms with Crippen molar-refractivity contribution in [1.29, 1.82) is 0 Å². The van der Waals surface area contributed by atoms with Crippen LogP contribution in [0.1, 0.15) is 62.6 Å². The van der Waals surface area contributed by atoms with E-state index in [0.29, 0.717) is 18.0 Å². The summed E-state index contributed by atoms with van der Waals surface area (Å²) in [5, 5.41) is 4.62. The fourth-order valence-electron chi connectivity index (χ4n) is 5.63. The molecule has 3 unspecified atom stereocenters. The Morgan fingerprint density at radius 3 is 2.50 bits per heavy atom. The highest BCUT2D eigenvalue weighted by atomic mass is 35.5. The number of benzene rings is 2. The monoisotopic (exact) mass is 400 g/mol. The van der Waals surface area contributed by atoms with Gasteiger partial charge in [0.15, 0.2) is 0 Å². The van der Waals surface area contributed by atoms with Gasteiger partial charge in [0, 0.05) is 47.6 Å². The molecule has 2 nitrogen and oxygen atoms in total. The van der Waals surface area contributed by atoms with Crippen molar-refractivity contribution in [2.45, 2.75) is 63.6 Å².